The Morgan fingerprint density at radius 1 is 0.846 bits per heavy atom. The van der Waals surface area contributed by atoms with Crippen molar-refractivity contribution >= 4 is 39.0 Å². The molecule has 0 aliphatic carbocycles. The highest BCUT2D eigenvalue weighted by Crippen LogP contribution is 2.33. The summed E-state index contributed by atoms with van der Waals surface area (Å²) >= 11 is 5.87. The number of carboxylic acids is 1. The smallest absolute Gasteiger partial charge is 0.337 e. The van der Waals surface area contributed by atoms with Gasteiger partial charge in [0.15, 0.2) is 0 Å². The molecule has 0 radical (unpaired) electrons. The number of carbonyl (C=O) groups is 1. The molecule has 132 valence electrons. The Morgan fingerprint density at radius 3 is 1.81 bits per heavy atom. The molecule has 7 heteroatoms. The van der Waals surface area contributed by atoms with Crippen LogP contribution in [-0.2, 0) is 10.0 Å². The Labute approximate surface area is 156 Å². The van der Waals surface area contributed by atoms with Gasteiger partial charge in [0.2, 0.25) is 0 Å². The number of carboxylic acid groups (broad SMARTS) is 1. The fourth-order valence-electron chi connectivity index (χ4n) is 2.49. The molecule has 1 N–H and O–H groups in total. The fraction of sp³-hybridized carbons (Fsp3) is 0. The van der Waals surface area contributed by atoms with Crippen LogP contribution in [0.4, 0.5) is 11.4 Å². The molecule has 0 atom stereocenters. The average molecular weight is 388 g/mol. The van der Waals surface area contributed by atoms with Crippen LogP contribution < -0.4 is 4.31 Å². The standard InChI is InChI=1S/C19H14ClNO4S/c20-18-12-11-16(13-17(18)19(22)23)26(24,25)21(14-7-3-1-4-8-14)15-9-5-2-6-10-15/h1-13H,(H,22,23). The normalized spacial score (nSPS) is 11.1. The summed E-state index contributed by atoms with van der Waals surface area (Å²) in [7, 11) is -4.07. The number of hydrogen-bond donors (Lipinski definition) is 1. The molecule has 0 saturated carbocycles. The van der Waals surface area contributed by atoms with Gasteiger partial charge >= 0.3 is 5.97 Å². The third-order valence-electron chi connectivity index (χ3n) is 3.69. The van der Waals surface area contributed by atoms with Crippen LogP contribution >= 0.6 is 11.6 Å². The SMILES string of the molecule is O=C(O)c1cc(S(=O)(=O)N(c2ccccc2)c2ccccc2)ccc1Cl. The third kappa shape index (κ3) is 3.42. The van der Waals surface area contributed by atoms with Crippen molar-refractivity contribution in [2.45, 2.75) is 4.90 Å². The lowest BCUT2D eigenvalue weighted by Crippen LogP contribution is -2.26. The molecule has 3 aromatic rings. The highest BCUT2D eigenvalue weighted by Gasteiger charge is 2.28. The van der Waals surface area contributed by atoms with E-state index in [0.29, 0.717) is 11.4 Å². The zero-order chi connectivity index (χ0) is 18.7. The summed E-state index contributed by atoms with van der Waals surface area (Å²) in [5.41, 5.74) is 0.602. The molecule has 0 aliphatic heterocycles. The lowest BCUT2D eigenvalue weighted by Gasteiger charge is -2.24. The summed E-state index contributed by atoms with van der Waals surface area (Å²) in [6, 6.07) is 20.8. The first-order chi connectivity index (χ1) is 12.4. The van der Waals surface area contributed by atoms with E-state index < -0.39 is 16.0 Å². The lowest BCUT2D eigenvalue weighted by atomic mass is 10.2. The Morgan fingerprint density at radius 2 is 1.35 bits per heavy atom. The van der Waals surface area contributed by atoms with Crippen molar-refractivity contribution in [1.82, 2.24) is 0 Å². The van der Waals surface area contributed by atoms with Gasteiger partial charge in [-0.1, -0.05) is 48.0 Å². The van der Waals surface area contributed by atoms with E-state index in [0.717, 1.165) is 6.07 Å². The van der Waals surface area contributed by atoms with Crippen LogP contribution in [0.15, 0.2) is 83.8 Å². The second kappa shape index (κ2) is 7.19. The predicted molar refractivity (Wildman–Crippen MR) is 101 cm³/mol. The number of rotatable bonds is 5. The number of halogens is 1. The van der Waals surface area contributed by atoms with Gasteiger partial charge in [0.05, 0.1) is 26.9 Å². The summed E-state index contributed by atoms with van der Waals surface area (Å²) in [6.45, 7) is 0. The van der Waals surface area contributed by atoms with Crippen LogP contribution in [0, 0.1) is 0 Å². The van der Waals surface area contributed by atoms with Crippen molar-refractivity contribution in [3.05, 3.63) is 89.4 Å². The van der Waals surface area contributed by atoms with Gasteiger partial charge in [0.1, 0.15) is 0 Å². The van der Waals surface area contributed by atoms with Crippen molar-refractivity contribution in [2.24, 2.45) is 0 Å². The van der Waals surface area contributed by atoms with Crippen LogP contribution in [0.5, 0.6) is 0 Å². The summed E-state index contributed by atoms with van der Waals surface area (Å²) in [5.74, 6) is -1.29. The first-order valence-electron chi connectivity index (χ1n) is 7.59. The van der Waals surface area contributed by atoms with E-state index in [1.165, 1.54) is 16.4 Å². The maximum Gasteiger partial charge on any atom is 0.337 e. The largest absolute Gasteiger partial charge is 0.478 e. The molecule has 0 aromatic heterocycles. The van der Waals surface area contributed by atoms with Crippen molar-refractivity contribution in [3.8, 4) is 0 Å². The van der Waals surface area contributed by atoms with Crippen LogP contribution in [0.3, 0.4) is 0 Å². The van der Waals surface area contributed by atoms with Crippen LogP contribution in [0.2, 0.25) is 5.02 Å². The summed E-state index contributed by atoms with van der Waals surface area (Å²) < 4.78 is 27.8. The number of para-hydroxylation sites is 2. The van der Waals surface area contributed by atoms with E-state index in [-0.39, 0.29) is 15.5 Å². The first kappa shape index (κ1) is 18.0. The third-order valence-corrected chi connectivity index (χ3v) is 5.77. The van der Waals surface area contributed by atoms with Crippen molar-refractivity contribution < 1.29 is 18.3 Å². The van der Waals surface area contributed by atoms with Crippen molar-refractivity contribution in [1.29, 1.82) is 0 Å². The summed E-state index contributed by atoms with van der Waals surface area (Å²) in [4.78, 5) is 11.2. The van der Waals surface area contributed by atoms with Gasteiger partial charge in [-0.25, -0.2) is 17.5 Å². The van der Waals surface area contributed by atoms with Crippen molar-refractivity contribution in [2.75, 3.05) is 4.31 Å². The molecule has 0 heterocycles. The predicted octanol–water partition coefficient (Wildman–Crippen LogP) is 4.57. The molecular formula is C19H14ClNO4S. The molecule has 5 nitrogen and oxygen atoms in total. The van der Waals surface area contributed by atoms with E-state index >= 15 is 0 Å². The van der Waals surface area contributed by atoms with Crippen LogP contribution in [0.25, 0.3) is 0 Å². The molecule has 3 aromatic carbocycles. The Kier molecular flexibility index (Phi) is 4.97. The average Bonchev–Trinajstić information content (AvgIpc) is 2.63. The quantitative estimate of drug-likeness (QED) is 0.696. The van der Waals surface area contributed by atoms with Crippen molar-refractivity contribution in [3.63, 3.8) is 0 Å². The first-order valence-corrected chi connectivity index (χ1v) is 9.41. The number of sulfonamides is 1. The van der Waals surface area contributed by atoms with Gasteiger partial charge in [-0.05, 0) is 42.5 Å². The molecule has 0 aliphatic rings. The van der Waals surface area contributed by atoms with Gasteiger partial charge in [-0.15, -0.1) is 0 Å². The lowest BCUT2D eigenvalue weighted by molar-refractivity contribution is 0.0697. The van der Waals surface area contributed by atoms with E-state index in [2.05, 4.69) is 0 Å². The van der Waals surface area contributed by atoms with E-state index in [4.69, 9.17) is 11.6 Å². The summed E-state index contributed by atoms with van der Waals surface area (Å²) in [5, 5.41) is 9.21. The molecule has 0 saturated heterocycles. The molecule has 0 spiro atoms. The highest BCUT2D eigenvalue weighted by molar-refractivity contribution is 7.93. The zero-order valence-corrected chi connectivity index (χ0v) is 15.0. The molecule has 0 unspecified atom stereocenters. The van der Waals surface area contributed by atoms with Gasteiger partial charge < -0.3 is 5.11 Å². The second-order valence-corrected chi connectivity index (χ2v) is 7.58. The molecule has 3 rings (SSSR count). The molecule has 0 bridgehead atoms. The van der Waals surface area contributed by atoms with Crippen LogP contribution in [-0.4, -0.2) is 19.5 Å². The minimum Gasteiger partial charge on any atom is -0.478 e. The van der Waals surface area contributed by atoms with E-state index in [9.17, 15) is 18.3 Å². The molecular weight excluding hydrogens is 374 g/mol. The zero-order valence-electron chi connectivity index (χ0n) is 13.4. The Bertz CT molecular complexity index is 998. The van der Waals surface area contributed by atoms with Gasteiger partial charge in [-0.2, -0.15) is 0 Å². The second-order valence-electron chi connectivity index (χ2n) is 5.39. The minimum atomic E-state index is -4.07. The Balaban J connectivity index is 2.21. The van der Waals surface area contributed by atoms with Gasteiger partial charge in [-0.3, -0.25) is 0 Å². The minimum absolute atomic E-state index is 0.0255. The maximum atomic E-state index is 13.3. The molecule has 26 heavy (non-hydrogen) atoms. The maximum absolute atomic E-state index is 13.3. The number of hydrogen-bond acceptors (Lipinski definition) is 3. The fourth-order valence-corrected chi connectivity index (χ4v) is 4.20. The number of benzene rings is 3. The van der Waals surface area contributed by atoms with Crippen LogP contribution in [0.1, 0.15) is 10.4 Å². The topological polar surface area (TPSA) is 74.7 Å². The monoisotopic (exact) mass is 387 g/mol. The number of anilines is 2. The highest BCUT2D eigenvalue weighted by atomic mass is 35.5. The van der Waals surface area contributed by atoms with E-state index in [1.54, 1.807) is 60.7 Å². The molecule has 0 amide bonds. The van der Waals surface area contributed by atoms with Gasteiger partial charge in [0, 0.05) is 0 Å². The van der Waals surface area contributed by atoms with E-state index in [1.807, 2.05) is 0 Å². The Hall–Kier alpha value is -2.83. The summed E-state index contributed by atoms with van der Waals surface area (Å²) in [6.07, 6.45) is 0. The molecule has 0 fully saturated rings. The number of aromatic carboxylic acids is 1. The number of nitrogens with zero attached hydrogens (tertiary/aromatic N) is 1. The van der Waals surface area contributed by atoms with Gasteiger partial charge in [0.25, 0.3) is 10.0 Å².